The summed E-state index contributed by atoms with van der Waals surface area (Å²) in [4.78, 5) is 4.32. The van der Waals surface area contributed by atoms with E-state index in [0.717, 1.165) is 11.8 Å². The van der Waals surface area contributed by atoms with Gasteiger partial charge in [-0.15, -0.1) is 0 Å². The van der Waals surface area contributed by atoms with Crippen LogP contribution in [0.15, 0.2) is 53.1 Å². The summed E-state index contributed by atoms with van der Waals surface area (Å²) in [6.07, 6.45) is 1.09. The van der Waals surface area contributed by atoms with Crippen molar-refractivity contribution in [1.29, 1.82) is 0 Å². The summed E-state index contributed by atoms with van der Waals surface area (Å²) in [5.41, 5.74) is 1.91. The third-order valence-electron chi connectivity index (χ3n) is 2.94. The summed E-state index contributed by atoms with van der Waals surface area (Å²) in [6, 6.07) is 13.8. The van der Waals surface area contributed by atoms with Gasteiger partial charge >= 0.3 is 0 Å². The summed E-state index contributed by atoms with van der Waals surface area (Å²) in [6.45, 7) is 0. The number of aromatic nitrogens is 2. The smallest absolute Gasteiger partial charge is 0.258 e. The standard InChI is InChI=1S/C15H12ClN3O3S/c1-23(20,21)19-13-7-5-10(6-8-13)14-17-15(22-18-14)11-3-2-4-12(16)9-11/h2-9,19H,1H3. The Balaban J connectivity index is 1.86. The van der Waals surface area contributed by atoms with E-state index in [-0.39, 0.29) is 0 Å². The molecule has 0 aliphatic carbocycles. The van der Waals surface area contributed by atoms with E-state index in [1.807, 2.05) is 6.07 Å². The zero-order valence-electron chi connectivity index (χ0n) is 12.0. The Kier molecular flexibility index (Phi) is 4.06. The van der Waals surface area contributed by atoms with Gasteiger partial charge in [-0.25, -0.2) is 8.42 Å². The summed E-state index contributed by atoms with van der Waals surface area (Å²) >= 11 is 5.94. The number of hydrogen-bond acceptors (Lipinski definition) is 5. The van der Waals surface area contributed by atoms with Gasteiger partial charge < -0.3 is 4.52 Å². The van der Waals surface area contributed by atoms with Gasteiger partial charge in [0, 0.05) is 21.8 Å². The highest BCUT2D eigenvalue weighted by molar-refractivity contribution is 7.92. The number of hydrogen-bond donors (Lipinski definition) is 1. The van der Waals surface area contributed by atoms with Gasteiger partial charge in [0.05, 0.1) is 6.26 Å². The fraction of sp³-hybridized carbons (Fsp3) is 0.0667. The first-order chi connectivity index (χ1) is 10.9. The quantitative estimate of drug-likeness (QED) is 0.780. The van der Waals surface area contributed by atoms with E-state index in [2.05, 4.69) is 14.9 Å². The Morgan fingerprint density at radius 3 is 2.48 bits per heavy atom. The van der Waals surface area contributed by atoms with Crippen molar-refractivity contribution >= 4 is 27.3 Å². The second-order valence-electron chi connectivity index (χ2n) is 4.89. The number of sulfonamides is 1. The average Bonchev–Trinajstić information content (AvgIpc) is 2.96. The molecule has 2 aromatic carbocycles. The monoisotopic (exact) mass is 349 g/mol. The first-order valence-corrected chi connectivity index (χ1v) is 8.85. The molecule has 0 spiro atoms. The lowest BCUT2D eigenvalue weighted by Gasteiger charge is -2.03. The molecule has 0 aliphatic heterocycles. The Bertz CT molecular complexity index is 937. The lowest BCUT2D eigenvalue weighted by molar-refractivity contribution is 0.432. The number of rotatable bonds is 4. The molecule has 0 bridgehead atoms. The van der Waals surface area contributed by atoms with Gasteiger partial charge in [0.1, 0.15) is 0 Å². The highest BCUT2D eigenvalue weighted by atomic mass is 35.5. The molecule has 6 nitrogen and oxygen atoms in total. The van der Waals surface area contributed by atoms with Gasteiger partial charge in [0.2, 0.25) is 15.8 Å². The minimum Gasteiger partial charge on any atom is -0.334 e. The highest BCUT2D eigenvalue weighted by Crippen LogP contribution is 2.25. The third-order valence-corrected chi connectivity index (χ3v) is 3.79. The van der Waals surface area contributed by atoms with Crippen LogP contribution >= 0.6 is 11.6 Å². The van der Waals surface area contributed by atoms with Gasteiger partial charge in [0.15, 0.2) is 0 Å². The van der Waals surface area contributed by atoms with Crippen LogP contribution in [0.25, 0.3) is 22.8 Å². The van der Waals surface area contributed by atoms with Crippen molar-refractivity contribution in [3.8, 4) is 22.8 Å². The van der Waals surface area contributed by atoms with E-state index in [1.54, 1.807) is 42.5 Å². The summed E-state index contributed by atoms with van der Waals surface area (Å²) < 4.78 is 30.0. The van der Waals surface area contributed by atoms with E-state index < -0.39 is 10.0 Å². The molecule has 118 valence electrons. The largest absolute Gasteiger partial charge is 0.334 e. The molecule has 0 aliphatic rings. The Morgan fingerprint density at radius 2 is 1.83 bits per heavy atom. The van der Waals surface area contributed by atoms with E-state index in [1.165, 1.54) is 0 Å². The minimum atomic E-state index is -3.30. The molecule has 0 saturated heterocycles. The maximum Gasteiger partial charge on any atom is 0.258 e. The lowest BCUT2D eigenvalue weighted by Crippen LogP contribution is -2.09. The van der Waals surface area contributed by atoms with E-state index in [9.17, 15) is 8.42 Å². The van der Waals surface area contributed by atoms with Gasteiger partial charge in [-0.2, -0.15) is 4.98 Å². The first-order valence-electron chi connectivity index (χ1n) is 6.58. The van der Waals surface area contributed by atoms with Crippen LogP contribution in [-0.4, -0.2) is 24.8 Å². The van der Waals surface area contributed by atoms with Crippen LogP contribution in [0.5, 0.6) is 0 Å². The SMILES string of the molecule is CS(=O)(=O)Nc1ccc(-c2noc(-c3cccc(Cl)c3)n2)cc1. The summed E-state index contributed by atoms with van der Waals surface area (Å²) in [7, 11) is -3.30. The van der Waals surface area contributed by atoms with Crippen LogP contribution in [-0.2, 0) is 10.0 Å². The second kappa shape index (κ2) is 6.02. The number of benzene rings is 2. The van der Waals surface area contributed by atoms with Gasteiger partial charge in [-0.1, -0.05) is 22.8 Å². The van der Waals surface area contributed by atoms with Gasteiger partial charge in [-0.05, 0) is 42.5 Å². The molecule has 3 aromatic rings. The molecule has 3 rings (SSSR count). The Hall–Kier alpha value is -2.38. The van der Waals surface area contributed by atoms with E-state index >= 15 is 0 Å². The van der Waals surface area contributed by atoms with Crippen molar-refractivity contribution in [2.45, 2.75) is 0 Å². The Labute approximate surface area is 138 Å². The van der Waals surface area contributed by atoms with Crippen molar-refractivity contribution in [1.82, 2.24) is 10.1 Å². The zero-order chi connectivity index (χ0) is 16.4. The van der Waals surface area contributed by atoms with Gasteiger partial charge in [-0.3, -0.25) is 4.72 Å². The molecule has 0 atom stereocenters. The predicted molar refractivity (Wildman–Crippen MR) is 88.6 cm³/mol. The van der Waals surface area contributed by atoms with Crippen LogP contribution in [0.1, 0.15) is 0 Å². The maximum absolute atomic E-state index is 11.2. The number of halogens is 1. The third kappa shape index (κ3) is 3.88. The van der Waals surface area contributed by atoms with Crippen LogP contribution in [0, 0.1) is 0 Å². The fourth-order valence-corrected chi connectivity index (χ4v) is 2.74. The highest BCUT2D eigenvalue weighted by Gasteiger charge is 2.11. The lowest BCUT2D eigenvalue weighted by atomic mass is 10.2. The maximum atomic E-state index is 11.2. The molecule has 1 heterocycles. The van der Waals surface area contributed by atoms with Crippen LogP contribution < -0.4 is 4.72 Å². The van der Waals surface area contributed by atoms with Crippen molar-refractivity contribution in [3.63, 3.8) is 0 Å². The molecule has 23 heavy (non-hydrogen) atoms. The van der Waals surface area contributed by atoms with Crippen molar-refractivity contribution in [3.05, 3.63) is 53.6 Å². The van der Waals surface area contributed by atoms with Crippen LogP contribution in [0.2, 0.25) is 5.02 Å². The molecular weight excluding hydrogens is 338 g/mol. The van der Waals surface area contributed by atoms with Crippen molar-refractivity contribution in [2.24, 2.45) is 0 Å². The second-order valence-corrected chi connectivity index (χ2v) is 7.07. The first kappa shape index (κ1) is 15.5. The molecule has 0 unspecified atom stereocenters. The van der Waals surface area contributed by atoms with Crippen LogP contribution in [0.4, 0.5) is 5.69 Å². The average molecular weight is 350 g/mol. The number of anilines is 1. The molecule has 0 fully saturated rings. The normalized spacial score (nSPS) is 11.4. The molecule has 0 saturated carbocycles. The van der Waals surface area contributed by atoms with Gasteiger partial charge in [0.25, 0.3) is 5.89 Å². The number of nitrogens with one attached hydrogen (secondary N) is 1. The minimum absolute atomic E-state index is 0.362. The molecular formula is C15H12ClN3O3S. The zero-order valence-corrected chi connectivity index (χ0v) is 13.6. The predicted octanol–water partition coefficient (Wildman–Crippen LogP) is 3.43. The van der Waals surface area contributed by atoms with Crippen molar-refractivity contribution in [2.75, 3.05) is 11.0 Å². The molecule has 0 radical (unpaired) electrons. The van der Waals surface area contributed by atoms with E-state index in [0.29, 0.717) is 28.0 Å². The fourth-order valence-electron chi connectivity index (χ4n) is 1.98. The topological polar surface area (TPSA) is 85.1 Å². The summed E-state index contributed by atoms with van der Waals surface area (Å²) in [5, 5.41) is 4.51. The molecule has 1 aromatic heterocycles. The van der Waals surface area contributed by atoms with E-state index in [4.69, 9.17) is 16.1 Å². The molecule has 0 amide bonds. The van der Waals surface area contributed by atoms with Crippen molar-refractivity contribution < 1.29 is 12.9 Å². The Morgan fingerprint density at radius 1 is 1.09 bits per heavy atom. The molecule has 1 N–H and O–H groups in total. The number of nitrogens with zero attached hydrogens (tertiary/aromatic N) is 2. The molecule has 8 heteroatoms. The summed E-state index contributed by atoms with van der Waals surface area (Å²) in [5.74, 6) is 0.770. The van der Waals surface area contributed by atoms with Crippen LogP contribution in [0.3, 0.4) is 0 Å².